The average Bonchev–Trinajstić information content (AvgIpc) is 3.64. The van der Waals surface area contributed by atoms with Crippen molar-refractivity contribution in [3.63, 3.8) is 0 Å². The van der Waals surface area contributed by atoms with Crippen LogP contribution in [0.3, 0.4) is 0 Å². The van der Waals surface area contributed by atoms with Crippen molar-refractivity contribution < 1.29 is 22.6 Å². The van der Waals surface area contributed by atoms with E-state index in [1.807, 2.05) is 4.90 Å². The van der Waals surface area contributed by atoms with Crippen LogP contribution in [0.25, 0.3) is 32.4 Å². The maximum Gasteiger partial charge on any atom is 0.352 e. The van der Waals surface area contributed by atoms with E-state index in [1.165, 1.54) is 18.3 Å². The fourth-order valence-corrected chi connectivity index (χ4v) is 6.81. The van der Waals surface area contributed by atoms with Crippen molar-refractivity contribution in [2.75, 3.05) is 76.3 Å². The smallest absolute Gasteiger partial charge is 0.352 e. The number of fused-ring (bicyclic) bond motifs is 2. The maximum absolute atomic E-state index is 15.4. The number of piperazine rings is 1. The molecule has 15 heteroatoms. The quantitative estimate of drug-likeness (QED) is 0.273. The lowest BCUT2D eigenvalue weighted by Crippen LogP contribution is -2.44. The number of benzene rings is 1. The second-order valence-electron chi connectivity index (χ2n) is 11.3. The highest BCUT2D eigenvalue weighted by atomic mass is 35.5. The van der Waals surface area contributed by atoms with Crippen molar-refractivity contribution in [2.24, 2.45) is 5.41 Å². The molecule has 0 spiro atoms. The summed E-state index contributed by atoms with van der Waals surface area (Å²) >= 11 is 6.74. The van der Waals surface area contributed by atoms with Gasteiger partial charge in [-0.05, 0) is 36.6 Å². The number of rotatable bonds is 8. The van der Waals surface area contributed by atoms with E-state index in [1.54, 1.807) is 0 Å². The third kappa shape index (κ3) is 5.66. The van der Waals surface area contributed by atoms with Gasteiger partial charge in [0.15, 0.2) is 5.13 Å². The van der Waals surface area contributed by atoms with Crippen LogP contribution < -0.4 is 20.7 Å². The average molecular weight is 635 g/mol. The lowest BCUT2D eigenvalue weighted by atomic mass is 10.0. The first-order valence-corrected chi connectivity index (χ1v) is 15.4. The van der Waals surface area contributed by atoms with Crippen molar-refractivity contribution in [1.82, 2.24) is 30.2 Å². The van der Waals surface area contributed by atoms with Gasteiger partial charge in [0.25, 0.3) is 0 Å². The molecule has 3 aromatic heterocycles. The molecular weight excluding hydrogens is 605 g/mol. The monoisotopic (exact) mass is 634 g/mol. The minimum Gasteiger partial charge on any atom is -0.463 e. The van der Waals surface area contributed by atoms with Gasteiger partial charge in [-0.15, -0.1) is 0 Å². The molecule has 1 saturated carbocycles. The zero-order valence-electron chi connectivity index (χ0n) is 23.2. The number of nitrogens with two attached hydrogens (primary N) is 1. The lowest BCUT2D eigenvalue weighted by Gasteiger charge is -2.31. The zero-order chi connectivity index (χ0) is 29.8. The van der Waals surface area contributed by atoms with E-state index >= 15 is 8.78 Å². The van der Waals surface area contributed by atoms with Crippen LogP contribution in [0, 0.1) is 11.2 Å². The molecule has 1 aromatic carbocycles. The number of aromatic nitrogens is 4. The Hall–Kier alpha value is -3.04. The number of morpholine rings is 1. The van der Waals surface area contributed by atoms with Crippen LogP contribution in [0.1, 0.15) is 18.4 Å². The Kier molecular flexibility index (Phi) is 7.45. The number of thiazole rings is 1. The molecule has 0 bridgehead atoms. The molecule has 43 heavy (non-hydrogen) atoms. The van der Waals surface area contributed by atoms with Gasteiger partial charge in [-0.2, -0.15) is 18.7 Å². The van der Waals surface area contributed by atoms with Gasteiger partial charge in [-0.3, -0.25) is 9.88 Å². The molecule has 0 radical (unpaired) electrons. The molecule has 3 N–H and O–H groups in total. The van der Waals surface area contributed by atoms with Crippen molar-refractivity contribution in [1.29, 1.82) is 0 Å². The number of nitrogen functional groups attached to an aromatic ring is 1. The van der Waals surface area contributed by atoms with Gasteiger partial charge < -0.3 is 25.4 Å². The van der Waals surface area contributed by atoms with Crippen LogP contribution in [0.4, 0.5) is 24.1 Å². The first kappa shape index (κ1) is 28.7. The van der Waals surface area contributed by atoms with Crippen LogP contribution >= 0.6 is 22.9 Å². The maximum atomic E-state index is 15.4. The Bertz CT molecular complexity index is 1670. The molecule has 2 saturated heterocycles. The molecule has 10 nitrogen and oxygen atoms in total. The molecule has 3 aliphatic rings. The van der Waals surface area contributed by atoms with Crippen molar-refractivity contribution in [3.8, 4) is 17.3 Å². The SMILES string of the molecule is Nc1nc2c(-c3ncc4c(N5CCNCC5)nc(OCC5(CN6CCOCC6)CC5)nc4c3C(F)(F)Cl)ccc(F)c2s1. The van der Waals surface area contributed by atoms with E-state index in [0.717, 1.165) is 43.8 Å². The summed E-state index contributed by atoms with van der Waals surface area (Å²) in [4.78, 5) is 22.3. The number of pyridine rings is 1. The minimum absolute atomic E-state index is 0.00393. The van der Waals surface area contributed by atoms with Crippen LogP contribution in [-0.2, 0) is 10.1 Å². The summed E-state index contributed by atoms with van der Waals surface area (Å²) in [6, 6.07) is 2.53. The predicted molar refractivity (Wildman–Crippen MR) is 160 cm³/mol. The van der Waals surface area contributed by atoms with Crippen LogP contribution in [-0.4, -0.2) is 90.5 Å². The predicted octanol–water partition coefficient (Wildman–Crippen LogP) is 4.21. The number of ether oxygens (including phenoxy) is 2. The molecule has 7 rings (SSSR count). The Morgan fingerprint density at radius 2 is 1.86 bits per heavy atom. The van der Waals surface area contributed by atoms with Gasteiger partial charge in [-0.1, -0.05) is 11.3 Å². The normalized spacial score (nSPS) is 19.3. The van der Waals surface area contributed by atoms with Gasteiger partial charge in [0.1, 0.15) is 11.6 Å². The Labute approximate surface area is 254 Å². The first-order valence-electron chi connectivity index (χ1n) is 14.2. The summed E-state index contributed by atoms with van der Waals surface area (Å²) in [5.41, 5.74) is 5.26. The standard InChI is InChI=1S/C28H30ClF3N8O2S/c29-28(31,32)19-20(16-1-2-18(30)23-22(16)36-25(33)43-23)35-13-17-21(19)37-26(38-24(17)40-7-5-34-6-8-40)42-15-27(3-4-27)14-39-9-11-41-12-10-39/h1-2,13,34H,3-12,14-15H2,(H2,33,36). The van der Waals surface area contributed by atoms with E-state index in [0.29, 0.717) is 57.2 Å². The molecule has 5 heterocycles. The van der Waals surface area contributed by atoms with Gasteiger partial charge in [-0.25, -0.2) is 9.37 Å². The highest BCUT2D eigenvalue weighted by Gasteiger charge is 2.45. The van der Waals surface area contributed by atoms with Gasteiger partial charge >= 0.3 is 11.4 Å². The summed E-state index contributed by atoms with van der Waals surface area (Å²) in [5, 5.41) is -0.167. The number of alkyl halides is 3. The lowest BCUT2D eigenvalue weighted by molar-refractivity contribution is 0.0231. The second-order valence-corrected chi connectivity index (χ2v) is 12.8. The van der Waals surface area contributed by atoms with E-state index in [2.05, 4.69) is 25.2 Å². The Morgan fingerprint density at radius 1 is 1.09 bits per heavy atom. The van der Waals surface area contributed by atoms with Crippen molar-refractivity contribution >= 4 is 55.0 Å². The summed E-state index contributed by atoms with van der Waals surface area (Å²) < 4.78 is 57.3. The van der Waals surface area contributed by atoms with Crippen LogP contribution in [0.15, 0.2) is 18.3 Å². The number of hydrogen-bond acceptors (Lipinski definition) is 11. The summed E-state index contributed by atoms with van der Waals surface area (Å²) in [7, 11) is 0. The molecule has 228 valence electrons. The highest BCUT2D eigenvalue weighted by molar-refractivity contribution is 7.22. The largest absolute Gasteiger partial charge is 0.463 e. The molecule has 0 atom stereocenters. The third-order valence-corrected chi connectivity index (χ3v) is 9.38. The van der Waals surface area contributed by atoms with Gasteiger partial charge in [0, 0.05) is 63.0 Å². The van der Waals surface area contributed by atoms with E-state index < -0.39 is 16.8 Å². The van der Waals surface area contributed by atoms with E-state index in [9.17, 15) is 4.39 Å². The zero-order valence-corrected chi connectivity index (χ0v) is 24.8. The summed E-state index contributed by atoms with van der Waals surface area (Å²) in [6.07, 6.45) is 3.46. The first-order chi connectivity index (χ1) is 20.7. The fraction of sp³-hybridized carbons (Fsp3) is 0.500. The fourth-order valence-electron chi connectivity index (χ4n) is 5.87. The Balaban J connectivity index is 1.34. The number of nitrogens with one attached hydrogen (secondary N) is 1. The van der Waals surface area contributed by atoms with Crippen LogP contribution in [0.2, 0.25) is 0 Å². The minimum atomic E-state index is -3.88. The van der Waals surface area contributed by atoms with Crippen molar-refractivity contribution in [3.05, 3.63) is 29.7 Å². The second kappa shape index (κ2) is 11.1. The van der Waals surface area contributed by atoms with Crippen LogP contribution in [0.5, 0.6) is 6.01 Å². The molecule has 4 aromatic rings. The summed E-state index contributed by atoms with van der Waals surface area (Å²) in [5.74, 6) is -0.110. The highest BCUT2D eigenvalue weighted by Crippen LogP contribution is 2.48. The van der Waals surface area contributed by atoms with Gasteiger partial charge in [0.2, 0.25) is 0 Å². The van der Waals surface area contributed by atoms with Crippen molar-refractivity contribution in [2.45, 2.75) is 18.2 Å². The van der Waals surface area contributed by atoms with Gasteiger partial charge in [0.05, 0.1) is 52.2 Å². The molecule has 3 fully saturated rings. The topological polar surface area (TPSA) is 115 Å². The summed E-state index contributed by atoms with van der Waals surface area (Å²) in [6.45, 7) is 6.99. The molecule has 1 aliphatic carbocycles. The molecule has 2 aliphatic heterocycles. The molecule has 0 unspecified atom stereocenters. The number of halogens is 4. The number of hydrogen-bond donors (Lipinski definition) is 2. The Morgan fingerprint density at radius 3 is 2.58 bits per heavy atom. The third-order valence-electron chi connectivity index (χ3n) is 8.30. The number of anilines is 2. The molecular formula is C28H30ClF3N8O2S. The van der Waals surface area contributed by atoms with E-state index in [-0.39, 0.29) is 43.5 Å². The number of nitrogens with zero attached hydrogens (tertiary/aromatic N) is 6. The van der Waals surface area contributed by atoms with E-state index in [4.69, 9.17) is 31.8 Å². The molecule has 0 amide bonds.